The Hall–Kier alpha value is -1.10. The largest absolute Gasteiger partial charge is 0.370 e. The fourth-order valence-corrected chi connectivity index (χ4v) is 2.37. The quantitative estimate of drug-likeness (QED) is 0.597. The summed E-state index contributed by atoms with van der Waals surface area (Å²) in [4.78, 5) is 22.4. The first-order valence-corrected chi connectivity index (χ1v) is 6.34. The molecule has 0 aromatic rings. The molecular weight excluding hydrogens is 218 g/mol. The molecule has 0 aliphatic heterocycles. The van der Waals surface area contributed by atoms with Crippen LogP contribution in [0.1, 0.15) is 39.0 Å². The van der Waals surface area contributed by atoms with Crippen LogP contribution in [-0.4, -0.2) is 24.4 Å². The Morgan fingerprint density at radius 3 is 2.71 bits per heavy atom. The summed E-state index contributed by atoms with van der Waals surface area (Å²) in [6.45, 7) is 2.55. The van der Waals surface area contributed by atoms with Crippen molar-refractivity contribution < 1.29 is 9.59 Å². The predicted molar refractivity (Wildman–Crippen MR) is 65.9 cm³/mol. The molecule has 1 rings (SSSR count). The van der Waals surface area contributed by atoms with Crippen LogP contribution in [-0.2, 0) is 9.59 Å². The first-order valence-electron chi connectivity index (χ1n) is 6.34. The SMILES string of the molecule is CC1C(N)CCCC1C(=O)NCCCC(N)=O. The molecule has 3 atom stereocenters. The number of carbonyl (C=O) groups excluding carboxylic acids is 2. The number of hydrogen-bond donors (Lipinski definition) is 3. The maximum absolute atomic E-state index is 11.9. The molecule has 0 radical (unpaired) electrons. The summed E-state index contributed by atoms with van der Waals surface area (Å²) in [5, 5.41) is 2.86. The highest BCUT2D eigenvalue weighted by Gasteiger charge is 2.32. The zero-order chi connectivity index (χ0) is 12.8. The van der Waals surface area contributed by atoms with Gasteiger partial charge in [0.15, 0.2) is 0 Å². The Kier molecular flexibility index (Phi) is 5.41. The molecule has 5 heteroatoms. The van der Waals surface area contributed by atoms with E-state index < -0.39 is 0 Å². The van der Waals surface area contributed by atoms with E-state index in [1.807, 2.05) is 6.92 Å². The van der Waals surface area contributed by atoms with Crippen molar-refractivity contribution in [2.75, 3.05) is 6.54 Å². The number of carbonyl (C=O) groups is 2. The number of nitrogens with one attached hydrogen (secondary N) is 1. The van der Waals surface area contributed by atoms with Gasteiger partial charge in [-0.1, -0.05) is 13.3 Å². The van der Waals surface area contributed by atoms with Gasteiger partial charge in [-0.15, -0.1) is 0 Å². The van der Waals surface area contributed by atoms with Gasteiger partial charge >= 0.3 is 0 Å². The Balaban J connectivity index is 2.29. The number of nitrogens with two attached hydrogens (primary N) is 2. The Morgan fingerprint density at radius 2 is 2.06 bits per heavy atom. The van der Waals surface area contributed by atoms with Gasteiger partial charge in [0.2, 0.25) is 11.8 Å². The van der Waals surface area contributed by atoms with Gasteiger partial charge in [-0.05, 0) is 25.2 Å². The van der Waals surface area contributed by atoms with E-state index in [0.29, 0.717) is 19.4 Å². The first-order chi connectivity index (χ1) is 8.02. The normalized spacial score (nSPS) is 28.7. The van der Waals surface area contributed by atoms with E-state index in [-0.39, 0.29) is 29.7 Å². The monoisotopic (exact) mass is 241 g/mol. The smallest absolute Gasteiger partial charge is 0.223 e. The molecule has 5 nitrogen and oxygen atoms in total. The first kappa shape index (κ1) is 14.0. The second-order valence-corrected chi connectivity index (χ2v) is 4.92. The maximum atomic E-state index is 11.9. The van der Waals surface area contributed by atoms with Crippen LogP contribution in [0.3, 0.4) is 0 Å². The molecule has 2 amide bonds. The highest BCUT2D eigenvalue weighted by molar-refractivity contribution is 5.79. The molecule has 3 unspecified atom stereocenters. The van der Waals surface area contributed by atoms with Crippen molar-refractivity contribution in [3.63, 3.8) is 0 Å². The molecule has 0 spiro atoms. The van der Waals surface area contributed by atoms with Gasteiger partial charge < -0.3 is 16.8 Å². The second kappa shape index (κ2) is 6.59. The van der Waals surface area contributed by atoms with E-state index in [4.69, 9.17) is 11.5 Å². The van der Waals surface area contributed by atoms with Gasteiger partial charge in [-0.25, -0.2) is 0 Å². The van der Waals surface area contributed by atoms with Crippen LogP contribution in [0, 0.1) is 11.8 Å². The third-order valence-corrected chi connectivity index (χ3v) is 3.60. The molecule has 0 heterocycles. The topological polar surface area (TPSA) is 98.2 Å². The van der Waals surface area contributed by atoms with Crippen LogP contribution >= 0.6 is 0 Å². The van der Waals surface area contributed by atoms with Crippen molar-refractivity contribution in [1.82, 2.24) is 5.32 Å². The van der Waals surface area contributed by atoms with Crippen molar-refractivity contribution in [2.24, 2.45) is 23.3 Å². The Bertz CT molecular complexity index is 281. The maximum Gasteiger partial charge on any atom is 0.223 e. The number of amides is 2. The van der Waals surface area contributed by atoms with Crippen LogP contribution in [0.5, 0.6) is 0 Å². The summed E-state index contributed by atoms with van der Waals surface area (Å²) in [6.07, 6.45) is 3.86. The summed E-state index contributed by atoms with van der Waals surface area (Å²) >= 11 is 0. The van der Waals surface area contributed by atoms with Gasteiger partial charge in [-0.2, -0.15) is 0 Å². The minimum absolute atomic E-state index is 0.0207. The number of rotatable bonds is 5. The molecule has 1 fully saturated rings. The molecule has 98 valence electrons. The lowest BCUT2D eigenvalue weighted by Crippen LogP contribution is -2.44. The number of primary amides is 1. The molecule has 5 N–H and O–H groups in total. The van der Waals surface area contributed by atoms with E-state index in [9.17, 15) is 9.59 Å². The van der Waals surface area contributed by atoms with Crippen molar-refractivity contribution in [1.29, 1.82) is 0 Å². The van der Waals surface area contributed by atoms with Gasteiger partial charge in [0, 0.05) is 24.9 Å². The standard InChI is InChI=1S/C12H23N3O2/c1-8-9(4-2-5-10(8)13)12(17)15-7-3-6-11(14)16/h8-10H,2-7,13H2,1H3,(H2,14,16)(H,15,17). The average molecular weight is 241 g/mol. The van der Waals surface area contributed by atoms with Gasteiger partial charge in [0.1, 0.15) is 0 Å². The molecule has 1 aliphatic rings. The summed E-state index contributed by atoms with van der Waals surface area (Å²) in [6, 6.07) is 0.130. The third kappa shape index (κ3) is 4.34. The third-order valence-electron chi connectivity index (χ3n) is 3.60. The molecular formula is C12H23N3O2. The molecule has 0 bridgehead atoms. The van der Waals surface area contributed by atoms with Gasteiger partial charge in [0.25, 0.3) is 0 Å². The van der Waals surface area contributed by atoms with E-state index >= 15 is 0 Å². The lowest BCUT2D eigenvalue weighted by molar-refractivity contribution is -0.128. The minimum Gasteiger partial charge on any atom is -0.370 e. The van der Waals surface area contributed by atoms with Crippen molar-refractivity contribution in [3.05, 3.63) is 0 Å². The highest BCUT2D eigenvalue weighted by atomic mass is 16.2. The predicted octanol–water partition coefficient (Wildman–Crippen LogP) is 0.132. The summed E-state index contributed by atoms with van der Waals surface area (Å²) in [5.74, 6) is -0.00311. The van der Waals surface area contributed by atoms with Crippen molar-refractivity contribution >= 4 is 11.8 Å². The fraction of sp³-hybridized carbons (Fsp3) is 0.833. The van der Waals surface area contributed by atoms with Crippen LogP contribution in [0.4, 0.5) is 0 Å². The van der Waals surface area contributed by atoms with E-state index in [0.717, 1.165) is 19.3 Å². The van der Waals surface area contributed by atoms with Crippen LogP contribution < -0.4 is 16.8 Å². The van der Waals surface area contributed by atoms with Crippen LogP contribution in [0.25, 0.3) is 0 Å². The zero-order valence-electron chi connectivity index (χ0n) is 10.4. The fourth-order valence-electron chi connectivity index (χ4n) is 2.37. The summed E-state index contributed by atoms with van der Waals surface area (Å²) in [5.41, 5.74) is 11.0. The number of hydrogen-bond acceptors (Lipinski definition) is 3. The van der Waals surface area contributed by atoms with E-state index in [1.54, 1.807) is 0 Å². The second-order valence-electron chi connectivity index (χ2n) is 4.92. The molecule has 0 aromatic heterocycles. The minimum atomic E-state index is -0.327. The lowest BCUT2D eigenvalue weighted by atomic mass is 9.77. The van der Waals surface area contributed by atoms with Crippen LogP contribution in [0.15, 0.2) is 0 Å². The molecule has 0 saturated heterocycles. The summed E-state index contributed by atoms with van der Waals surface area (Å²) in [7, 11) is 0. The van der Waals surface area contributed by atoms with E-state index in [2.05, 4.69) is 5.32 Å². The molecule has 1 saturated carbocycles. The van der Waals surface area contributed by atoms with Crippen molar-refractivity contribution in [2.45, 2.75) is 45.1 Å². The van der Waals surface area contributed by atoms with Crippen LogP contribution in [0.2, 0.25) is 0 Å². The average Bonchev–Trinajstić information content (AvgIpc) is 2.27. The van der Waals surface area contributed by atoms with E-state index in [1.165, 1.54) is 0 Å². The Labute approximate surface area is 102 Å². The zero-order valence-corrected chi connectivity index (χ0v) is 10.4. The Morgan fingerprint density at radius 1 is 1.35 bits per heavy atom. The van der Waals surface area contributed by atoms with Gasteiger partial charge in [-0.3, -0.25) is 9.59 Å². The van der Waals surface area contributed by atoms with Gasteiger partial charge in [0.05, 0.1) is 0 Å². The van der Waals surface area contributed by atoms with Crippen molar-refractivity contribution in [3.8, 4) is 0 Å². The highest BCUT2D eigenvalue weighted by Crippen LogP contribution is 2.28. The molecule has 0 aromatic carbocycles. The summed E-state index contributed by atoms with van der Waals surface area (Å²) < 4.78 is 0. The molecule has 1 aliphatic carbocycles. The lowest BCUT2D eigenvalue weighted by Gasteiger charge is -2.32. The molecule has 17 heavy (non-hydrogen) atoms.